The summed E-state index contributed by atoms with van der Waals surface area (Å²) in [5.74, 6) is 0.809. The number of rotatable bonds is 5. The zero-order chi connectivity index (χ0) is 15.2. The van der Waals surface area contributed by atoms with Crippen molar-refractivity contribution in [3.05, 3.63) is 48.3 Å². The summed E-state index contributed by atoms with van der Waals surface area (Å²) < 4.78 is 5.17. The third-order valence-corrected chi connectivity index (χ3v) is 3.50. The van der Waals surface area contributed by atoms with Crippen molar-refractivity contribution >= 4 is 5.91 Å². The van der Waals surface area contributed by atoms with Crippen molar-refractivity contribution < 1.29 is 9.53 Å². The topological polar surface area (TPSA) is 42.4 Å². The van der Waals surface area contributed by atoms with Crippen LogP contribution in [-0.2, 0) is 0 Å². The van der Waals surface area contributed by atoms with E-state index in [-0.39, 0.29) is 5.91 Å². The smallest absolute Gasteiger partial charge is 0.256 e. The highest BCUT2D eigenvalue weighted by atomic mass is 16.5. The number of hydrogen-bond acceptors (Lipinski definition) is 3. The third kappa shape index (κ3) is 3.21. The molecule has 0 N–H and O–H groups in total. The van der Waals surface area contributed by atoms with Crippen LogP contribution in [0.5, 0.6) is 5.75 Å². The average Bonchev–Trinajstić information content (AvgIpc) is 2.56. The highest BCUT2D eigenvalue weighted by Gasteiger charge is 2.17. The summed E-state index contributed by atoms with van der Waals surface area (Å²) in [6.45, 7) is 5.33. The molecule has 0 aliphatic carbocycles. The van der Waals surface area contributed by atoms with E-state index in [1.54, 1.807) is 24.4 Å². The Labute approximate surface area is 125 Å². The monoisotopic (exact) mass is 284 g/mol. The van der Waals surface area contributed by atoms with E-state index >= 15 is 0 Å². The number of nitrogens with zero attached hydrogens (tertiary/aromatic N) is 2. The van der Waals surface area contributed by atoms with Gasteiger partial charge in [-0.2, -0.15) is 0 Å². The highest BCUT2D eigenvalue weighted by molar-refractivity contribution is 6.00. The number of carbonyl (C=O) groups excluding carboxylic acids is 1. The molecule has 1 heterocycles. The van der Waals surface area contributed by atoms with Crippen LogP contribution >= 0.6 is 0 Å². The average molecular weight is 284 g/mol. The van der Waals surface area contributed by atoms with Crippen LogP contribution < -0.4 is 4.74 Å². The van der Waals surface area contributed by atoms with Gasteiger partial charge in [0.1, 0.15) is 5.75 Å². The van der Waals surface area contributed by atoms with Gasteiger partial charge in [-0.3, -0.25) is 9.78 Å². The fourth-order valence-electron chi connectivity index (χ4n) is 2.27. The number of hydrogen-bond donors (Lipinski definition) is 0. The minimum atomic E-state index is 0.0129. The maximum Gasteiger partial charge on any atom is 0.256 e. The third-order valence-electron chi connectivity index (χ3n) is 3.50. The molecular weight excluding hydrogens is 264 g/mol. The fraction of sp³-hybridized carbons (Fsp3) is 0.294. The van der Waals surface area contributed by atoms with Crippen LogP contribution in [0.3, 0.4) is 0 Å². The fourth-order valence-corrected chi connectivity index (χ4v) is 2.27. The Hall–Kier alpha value is -2.36. The van der Waals surface area contributed by atoms with Crippen molar-refractivity contribution in [3.8, 4) is 16.9 Å². The minimum absolute atomic E-state index is 0.0129. The molecule has 21 heavy (non-hydrogen) atoms. The Morgan fingerprint density at radius 2 is 1.81 bits per heavy atom. The second-order valence-corrected chi connectivity index (χ2v) is 4.63. The lowest BCUT2D eigenvalue weighted by Crippen LogP contribution is -2.30. The van der Waals surface area contributed by atoms with E-state index in [2.05, 4.69) is 4.98 Å². The standard InChI is InChI=1S/C17H20N2O2/c1-4-19(5-2)17(20)16-12-18-11-10-15(16)13-6-8-14(21-3)9-7-13/h6-12H,4-5H2,1-3H3. The molecule has 0 aliphatic rings. The molecule has 2 aromatic rings. The van der Waals surface area contributed by atoms with Crippen molar-refractivity contribution in [2.75, 3.05) is 20.2 Å². The molecule has 0 bridgehead atoms. The lowest BCUT2D eigenvalue weighted by molar-refractivity contribution is 0.0773. The Morgan fingerprint density at radius 3 is 2.38 bits per heavy atom. The molecule has 0 fully saturated rings. The summed E-state index contributed by atoms with van der Waals surface area (Å²) in [7, 11) is 1.64. The van der Waals surface area contributed by atoms with Gasteiger partial charge in [-0.25, -0.2) is 0 Å². The first kappa shape index (κ1) is 15.0. The molecule has 1 aromatic heterocycles. The molecule has 0 saturated carbocycles. The van der Waals surface area contributed by atoms with E-state index in [0.717, 1.165) is 16.9 Å². The summed E-state index contributed by atoms with van der Waals surface area (Å²) in [6, 6.07) is 9.56. The van der Waals surface area contributed by atoms with Crippen LogP contribution in [0.1, 0.15) is 24.2 Å². The van der Waals surface area contributed by atoms with Crippen LogP contribution in [-0.4, -0.2) is 36.0 Å². The van der Waals surface area contributed by atoms with E-state index < -0.39 is 0 Å². The van der Waals surface area contributed by atoms with Crippen molar-refractivity contribution in [2.24, 2.45) is 0 Å². The zero-order valence-electron chi connectivity index (χ0n) is 12.7. The summed E-state index contributed by atoms with van der Waals surface area (Å²) >= 11 is 0. The van der Waals surface area contributed by atoms with Gasteiger partial charge in [-0.05, 0) is 43.2 Å². The number of pyridine rings is 1. The van der Waals surface area contributed by atoms with E-state index in [4.69, 9.17) is 4.74 Å². The number of aromatic nitrogens is 1. The molecule has 4 heteroatoms. The molecule has 0 spiro atoms. The number of ether oxygens (including phenoxy) is 1. The van der Waals surface area contributed by atoms with Gasteiger partial charge in [0.05, 0.1) is 12.7 Å². The summed E-state index contributed by atoms with van der Waals surface area (Å²) in [5, 5.41) is 0. The molecule has 4 nitrogen and oxygen atoms in total. The normalized spacial score (nSPS) is 10.2. The molecule has 1 amide bonds. The zero-order valence-corrected chi connectivity index (χ0v) is 12.7. The number of carbonyl (C=O) groups is 1. The number of amides is 1. The maximum absolute atomic E-state index is 12.6. The van der Waals surface area contributed by atoms with Crippen molar-refractivity contribution in [3.63, 3.8) is 0 Å². The predicted octanol–water partition coefficient (Wildman–Crippen LogP) is 3.24. The Balaban J connectivity index is 2.42. The molecule has 1 aromatic carbocycles. The highest BCUT2D eigenvalue weighted by Crippen LogP contribution is 2.26. The van der Waals surface area contributed by atoms with Gasteiger partial charge >= 0.3 is 0 Å². The maximum atomic E-state index is 12.6. The lowest BCUT2D eigenvalue weighted by atomic mass is 10.0. The second-order valence-electron chi connectivity index (χ2n) is 4.63. The molecule has 2 rings (SSSR count). The molecule has 0 atom stereocenters. The molecule has 110 valence electrons. The van der Waals surface area contributed by atoms with Gasteiger partial charge in [0.15, 0.2) is 0 Å². The molecule has 0 saturated heterocycles. The van der Waals surface area contributed by atoms with Crippen LogP contribution in [0, 0.1) is 0 Å². The lowest BCUT2D eigenvalue weighted by Gasteiger charge is -2.20. The predicted molar refractivity (Wildman–Crippen MR) is 83.5 cm³/mol. The summed E-state index contributed by atoms with van der Waals surface area (Å²) in [4.78, 5) is 18.5. The first-order valence-electron chi connectivity index (χ1n) is 7.09. The van der Waals surface area contributed by atoms with Crippen LogP contribution in [0.4, 0.5) is 0 Å². The molecule has 0 radical (unpaired) electrons. The number of benzene rings is 1. The van der Waals surface area contributed by atoms with Gasteiger partial charge in [-0.15, -0.1) is 0 Å². The van der Waals surface area contributed by atoms with Gasteiger partial charge in [0.25, 0.3) is 5.91 Å². The first-order chi connectivity index (χ1) is 10.2. The Bertz CT molecular complexity index is 604. The second kappa shape index (κ2) is 6.88. The largest absolute Gasteiger partial charge is 0.497 e. The Morgan fingerprint density at radius 1 is 1.14 bits per heavy atom. The van der Waals surface area contributed by atoms with E-state index in [0.29, 0.717) is 18.7 Å². The van der Waals surface area contributed by atoms with Gasteiger partial charge in [0, 0.05) is 25.5 Å². The summed E-state index contributed by atoms with van der Waals surface area (Å²) in [6.07, 6.45) is 3.35. The first-order valence-corrected chi connectivity index (χ1v) is 7.09. The van der Waals surface area contributed by atoms with Crippen LogP contribution in [0.25, 0.3) is 11.1 Å². The van der Waals surface area contributed by atoms with Gasteiger partial charge < -0.3 is 9.64 Å². The molecule has 0 unspecified atom stereocenters. The molecular formula is C17H20N2O2. The van der Waals surface area contributed by atoms with Crippen LogP contribution in [0.2, 0.25) is 0 Å². The van der Waals surface area contributed by atoms with Gasteiger partial charge in [0.2, 0.25) is 0 Å². The Kier molecular flexibility index (Phi) is 4.93. The van der Waals surface area contributed by atoms with Crippen molar-refractivity contribution in [1.82, 2.24) is 9.88 Å². The van der Waals surface area contributed by atoms with E-state index in [1.165, 1.54) is 0 Å². The SMILES string of the molecule is CCN(CC)C(=O)c1cnccc1-c1ccc(OC)cc1. The quantitative estimate of drug-likeness (QED) is 0.846. The van der Waals surface area contributed by atoms with E-state index in [1.807, 2.05) is 44.2 Å². The van der Waals surface area contributed by atoms with Crippen LogP contribution in [0.15, 0.2) is 42.7 Å². The molecule has 0 aliphatic heterocycles. The van der Waals surface area contributed by atoms with Crippen molar-refractivity contribution in [1.29, 1.82) is 0 Å². The van der Waals surface area contributed by atoms with E-state index in [9.17, 15) is 4.79 Å². The number of methoxy groups -OCH3 is 1. The van der Waals surface area contributed by atoms with Gasteiger partial charge in [-0.1, -0.05) is 12.1 Å². The van der Waals surface area contributed by atoms with Crippen molar-refractivity contribution in [2.45, 2.75) is 13.8 Å². The summed E-state index contributed by atoms with van der Waals surface area (Å²) in [5.41, 5.74) is 2.50. The minimum Gasteiger partial charge on any atom is -0.497 e.